The van der Waals surface area contributed by atoms with Crippen LogP contribution in [0.15, 0.2) is 17.9 Å². The second-order valence-electron chi connectivity index (χ2n) is 6.35. The molecule has 0 amide bonds. The Morgan fingerprint density at radius 3 is 1.76 bits per heavy atom. The van der Waals surface area contributed by atoms with Crippen molar-refractivity contribution >= 4 is 18.4 Å². The highest BCUT2D eigenvalue weighted by molar-refractivity contribution is 7.86. The first-order valence-corrected chi connectivity index (χ1v) is 11.3. The number of hydrogen-bond acceptors (Lipinski definition) is 4. The maximum atomic E-state index is 11.1. The van der Waals surface area contributed by atoms with Gasteiger partial charge in [-0.2, -0.15) is 8.42 Å². The van der Waals surface area contributed by atoms with E-state index in [1.807, 2.05) is 0 Å². The molecule has 0 atom stereocenters. The largest absolute Gasteiger partial charge is 0.411 e. The van der Waals surface area contributed by atoms with Gasteiger partial charge in [0.1, 0.15) is 0 Å². The van der Waals surface area contributed by atoms with Crippen molar-refractivity contribution in [2.75, 3.05) is 19.5 Å². The summed E-state index contributed by atoms with van der Waals surface area (Å²) in [5.41, 5.74) is 4.79. The topological polar surface area (TPSA) is 52.6 Å². The second kappa shape index (κ2) is 8.29. The second-order valence-corrected chi connectivity index (χ2v) is 13.5. The van der Waals surface area contributed by atoms with Crippen molar-refractivity contribution in [1.29, 1.82) is 0 Å². The predicted octanol–water partition coefficient (Wildman–Crippen LogP) is 3.87. The van der Waals surface area contributed by atoms with E-state index in [0.29, 0.717) is 28.8 Å². The van der Waals surface area contributed by atoms with Crippen LogP contribution in [0, 0.1) is 0 Å². The van der Waals surface area contributed by atoms with Crippen LogP contribution in [-0.2, 0) is 18.7 Å². The fraction of sp³-hybridized carbons (Fsp3) is 0.800. The van der Waals surface area contributed by atoms with Crippen LogP contribution < -0.4 is 0 Å². The third-order valence-electron chi connectivity index (χ3n) is 3.90. The Bertz CT molecular complexity index is 452. The maximum absolute atomic E-state index is 11.1. The van der Waals surface area contributed by atoms with Gasteiger partial charge in [-0.25, -0.2) is 0 Å². The Morgan fingerprint density at radius 2 is 1.48 bits per heavy atom. The van der Waals surface area contributed by atoms with Gasteiger partial charge in [0.2, 0.25) is 8.32 Å². The molecule has 4 nitrogen and oxygen atoms in total. The SMILES string of the molecule is C=C=C(CO[Si](C(C)C)(C(C)C)C(C)C)COS(C)(=O)=O. The highest BCUT2D eigenvalue weighted by atomic mass is 32.2. The lowest BCUT2D eigenvalue weighted by Crippen LogP contribution is -2.48. The molecule has 0 saturated heterocycles. The smallest absolute Gasteiger partial charge is 0.264 e. The zero-order chi connectivity index (χ0) is 16.8. The van der Waals surface area contributed by atoms with Gasteiger partial charge < -0.3 is 4.43 Å². The fourth-order valence-electron chi connectivity index (χ4n) is 3.03. The summed E-state index contributed by atoms with van der Waals surface area (Å²) in [6.07, 6.45) is 1.03. The van der Waals surface area contributed by atoms with Crippen LogP contribution in [0.4, 0.5) is 0 Å². The van der Waals surface area contributed by atoms with E-state index in [0.717, 1.165) is 6.26 Å². The molecule has 0 bridgehead atoms. The minimum Gasteiger partial charge on any atom is -0.411 e. The van der Waals surface area contributed by atoms with Gasteiger partial charge in [0.25, 0.3) is 10.1 Å². The van der Waals surface area contributed by atoms with E-state index in [2.05, 4.69) is 53.9 Å². The van der Waals surface area contributed by atoms with Crippen molar-refractivity contribution < 1.29 is 17.0 Å². The summed E-state index contributed by atoms with van der Waals surface area (Å²) >= 11 is 0. The fourth-order valence-corrected chi connectivity index (χ4v) is 8.81. The quantitative estimate of drug-likeness (QED) is 0.365. The highest BCUT2D eigenvalue weighted by Gasteiger charge is 2.45. The molecule has 0 aromatic heterocycles. The molecule has 0 aliphatic rings. The summed E-state index contributed by atoms with van der Waals surface area (Å²) in [6, 6.07) is 0. The first-order chi connectivity index (χ1) is 9.47. The molecule has 0 rings (SSSR count). The van der Waals surface area contributed by atoms with Crippen molar-refractivity contribution in [2.45, 2.75) is 58.2 Å². The molecule has 0 fully saturated rings. The van der Waals surface area contributed by atoms with Crippen LogP contribution in [0.25, 0.3) is 0 Å². The van der Waals surface area contributed by atoms with Crippen LogP contribution >= 0.6 is 0 Å². The molecular formula is C15H30O4SSi. The van der Waals surface area contributed by atoms with E-state index in [9.17, 15) is 8.42 Å². The molecule has 0 aliphatic heterocycles. The normalized spacial score (nSPS) is 13.0. The minimum absolute atomic E-state index is 0.0406. The number of hydrogen-bond donors (Lipinski definition) is 0. The molecule has 0 aromatic carbocycles. The average Bonchev–Trinajstić information content (AvgIpc) is 2.30. The van der Waals surface area contributed by atoms with Gasteiger partial charge in [-0.1, -0.05) is 48.1 Å². The van der Waals surface area contributed by atoms with Gasteiger partial charge in [0, 0.05) is 5.57 Å². The Labute approximate surface area is 131 Å². The van der Waals surface area contributed by atoms with Crippen molar-refractivity contribution in [3.63, 3.8) is 0 Å². The first-order valence-electron chi connectivity index (χ1n) is 7.33. The van der Waals surface area contributed by atoms with Crippen LogP contribution in [0.1, 0.15) is 41.5 Å². The molecule has 124 valence electrons. The van der Waals surface area contributed by atoms with Gasteiger partial charge in [-0.15, -0.1) is 5.73 Å². The predicted molar refractivity (Wildman–Crippen MR) is 90.4 cm³/mol. The number of rotatable bonds is 9. The van der Waals surface area contributed by atoms with Gasteiger partial charge >= 0.3 is 0 Å². The lowest BCUT2D eigenvalue weighted by atomic mass is 10.3. The molecule has 0 radical (unpaired) electrons. The molecule has 0 aliphatic carbocycles. The highest BCUT2D eigenvalue weighted by Crippen LogP contribution is 2.42. The zero-order valence-electron chi connectivity index (χ0n) is 14.4. The Kier molecular flexibility index (Phi) is 8.14. The van der Waals surface area contributed by atoms with Gasteiger partial charge in [0.05, 0.1) is 19.5 Å². The average molecular weight is 335 g/mol. The van der Waals surface area contributed by atoms with E-state index in [4.69, 9.17) is 8.61 Å². The van der Waals surface area contributed by atoms with E-state index in [1.54, 1.807) is 0 Å². The summed E-state index contributed by atoms with van der Waals surface area (Å²) in [7, 11) is -5.44. The van der Waals surface area contributed by atoms with Gasteiger partial charge in [-0.05, 0) is 16.6 Å². The van der Waals surface area contributed by atoms with E-state index < -0.39 is 18.4 Å². The summed E-state index contributed by atoms with van der Waals surface area (Å²) in [4.78, 5) is 0. The molecule has 0 N–H and O–H groups in total. The van der Waals surface area contributed by atoms with Crippen LogP contribution in [-0.4, -0.2) is 36.2 Å². The summed E-state index contributed by atoms with van der Waals surface area (Å²) in [5, 5.41) is 0. The Balaban J connectivity index is 5.01. The standard InChI is InChI=1S/C15H30O4SSi/c1-9-15(10-18-20(8,16)17)11-19-21(12(2)3,13(4)5)14(6)7/h12-14H,1,10-11H2,2-8H3. The lowest BCUT2D eigenvalue weighted by Gasteiger charge is -2.42. The molecule has 21 heavy (non-hydrogen) atoms. The Hall–Kier alpha value is -0.393. The molecule has 6 heteroatoms. The van der Waals surface area contributed by atoms with Gasteiger partial charge in [0.15, 0.2) is 0 Å². The summed E-state index contributed by atoms with van der Waals surface area (Å²) < 4.78 is 33.3. The lowest BCUT2D eigenvalue weighted by molar-refractivity contribution is 0.279. The van der Waals surface area contributed by atoms with Crippen LogP contribution in [0.2, 0.25) is 16.6 Å². The van der Waals surface area contributed by atoms with Crippen molar-refractivity contribution in [2.24, 2.45) is 0 Å². The van der Waals surface area contributed by atoms with Gasteiger partial charge in [-0.3, -0.25) is 4.18 Å². The van der Waals surface area contributed by atoms with E-state index >= 15 is 0 Å². The maximum Gasteiger partial charge on any atom is 0.264 e. The van der Waals surface area contributed by atoms with E-state index in [-0.39, 0.29) is 6.61 Å². The van der Waals surface area contributed by atoms with Crippen molar-refractivity contribution in [3.05, 3.63) is 17.9 Å². The first kappa shape index (κ1) is 20.6. The van der Waals surface area contributed by atoms with Crippen molar-refractivity contribution in [1.82, 2.24) is 0 Å². The molecular weight excluding hydrogens is 304 g/mol. The molecule has 0 heterocycles. The zero-order valence-corrected chi connectivity index (χ0v) is 16.2. The third kappa shape index (κ3) is 6.08. The minimum atomic E-state index is -3.46. The third-order valence-corrected chi connectivity index (χ3v) is 10.5. The Morgan fingerprint density at radius 1 is 1.05 bits per heavy atom. The van der Waals surface area contributed by atoms with Crippen LogP contribution in [0.3, 0.4) is 0 Å². The van der Waals surface area contributed by atoms with E-state index in [1.165, 1.54) is 0 Å². The molecule has 0 aromatic rings. The molecule has 0 spiro atoms. The summed E-state index contributed by atoms with van der Waals surface area (Å²) in [6.45, 7) is 17.1. The van der Waals surface area contributed by atoms with Crippen LogP contribution in [0.5, 0.6) is 0 Å². The molecule has 0 unspecified atom stereocenters. The monoisotopic (exact) mass is 334 g/mol. The molecule has 0 saturated carbocycles. The van der Waals surface area contributed by atoms with Crippen molar-refractivity contribution in [3.8, 4) is 0 Å². The summed E-state index contributed by atoms with van der Waals surface area (Å²) in [5.74, 6) is 0.